The second-order valence-electron chi connectivity index (χ2n) is 19.8. The van der Waals surface area contributed by atoms with Gasteiger partial charge in [-0.25, -0.2) is 0 Å². The first-order chi connectivity index (χ1) is 38.7. The number of benzene rings is 14. The first kappa shape index (κ1) is 46.1. The molecule has 0 amide bonds. The van der Waals surface area contributed by atoms with Crippen molar-refractivity contribution in [3.8, 4) is 0 Å². The van der Waals surface area contributed by atoms with Gasteiger partial charge in [-0.1, -0.05) is 182 Å². The van der Waals surface area contributed by atoms with Crippen LogP contribution < -0.4 is 19.6 Å². The molecule has 0 bridgehead atoms. The first-order valence-electron chi connectivity index (χ1n) is 26.7. The van der Waals surface area contributed by atoms with Gasteiger partial charge in [-0.2, -0.15) is 0 Å². The van der Waals surface area contributed by atoms with Crippen molar-refractivity contribution >= 4 is 122 Å². The number of nitrogens with zero attached hydrogens (tertiary/aromatic N) is 4. The molecular formula is C74H52N4. The highest BCUT2D eigenvalue weighted by atomic mass is 15.2. The van der Waals surface area contributed by atoms with Crippen LogP contribution in [0.25, 0.3) is 53.9 Å². The molecule has 14 rings (SSSR count). The van der Waals surface area contributed by atoms with Crippen LogP contribution in [0.1, 0.15) is 0 Å². The lowest BCUT2D eigenvalue weighted by molar-refractivity contribution is 1.25. The van der Waals surface area contributed by atoms with Gasteiger partial charge in [0.15, 0.2) is 0 Å². The largest absolute Gasteiger partial charge is 0.311 e. The lowest BCUT2D eigenvalue weighted by Gasteiger charge is -2.33. The van der Waals surface area contributed by atoms with Crippen molar-refractivity contribution < 1.29 is 0 Å². The Labute approximate surface area is 454 Å². The molecule has 0 aliphatic rings. The molecule has 78 heavy (non-hydrogen) atoms. The van der Waals surface area contributed by atoms with E-state index in [-0.39, 0.29) is 0 Å². The van der Waals surface area contributed by atoms with Gasteiger partial charge in [-0.15, -0.1) is 0 Å². The molecule has 0 N–H and O–H groups in total. The van der Waals surface area contributed by atoms with Crippen LogP contribution in [0.15, 0.2) is 315 Å². The summed E-state index contributed by atoms with van der Waals surface area (Å²) >= 11 is 0. The summed E-state index contributed by atoms with van der Waals surface area (Å²) in [7, 11) is 0. The maximum atomic E-state index is 2.47. The Hall–Kier alpha value is -10.4. The lowest BCUT2D eigenvalue weighted by Crippen LogP contribution is -2.15. The third kappa shape index (κ3) is 8.48. The summed E-state index contributed by atoms with van der Waals surface area (Å²) in [6, 6.07) is 114. The zero-order valence-electron chi connectivity index (χ0n) is 42.8. The highest BCUT2D eigenvalue weighted by Crippen LogP contribution is 2.52. The number of fused-ring (bicyclic) bond motifs is 5. The molecule has 0 radical (unpaired) electrons. The zero-order valence-corrected chi connectivity index (χ0v) is 42.8. The molecule has 0 unspecified atom stereocenters. The summed E-state index contributed by atoms with van der Waals surface area (Å²) in [4.78, 5) is 9.60. The summed E-state index contributed by atoms with van der Waals surface area (Å²) in [6.07, 6.45) is 0. The molecule has 4 nitrogen and oxygen atoms in total. The normalized spacial score (nSPS) is 11.3. The van der Waals surface area contributed by atoms with Crippen LogP contribution in [-0.2, 0) is 0 Å². The number of hydrogen-bond acceptors (Lipinski definition) is 4. The molecule has 368 valence electrons. The molecule has 0 spiro atoms. The van der Waals surface area contributed by atoms with Gasteiger partial charge < -0.3 is 19.6 Å². The molecule has 0 saturated heterocycles. The van der Waals surface area contributed by atoms with Gasteiger partial charge in [0.05, 0.1) is 11.4 Å². The van der Waals surface area contributed by atoms with Crippen molar-refractivity contribution in [1.29, 1.82) is 0 Å². The fourth-order valence-corrected chi connectivity index (χ4v) is 11.5. The predicted molar refractivity (Wildman–Crippen MR) is 333 cm³/mol. The summed E-state index contributed by atoms with van der Waals surface area (Å²) < 4.78 is 0. The Morgan fingerprint density at radius 3 is 0.795 bits per heavy atom. The molecule has 4 heteroatoms. The minimum atomic E-state index is 1.03. The quantitative estimate of drug-likeness (QED) is 0.0893. The minimum Gasteiger partial charge on any atom is -0.311 e. The molecule has 0 aromatic heterocycles. The van der Waals surface area contributed by atoms with Crippen molar-refractivity contribution in [2.75, 3.05) is 19.6 Å². The van der Waals surface area contributed by atoms with Crippen molar-refractivity contribution in [2.24, 2.45) is 0 Å². The standard InChI is InChI=1S/C74H52N4/c1-5-25-59(26-6-1)75(60-27-7-2-8-28-60)63-41-45-65(46-42-63)77(66-47-43-64(44-48-66)76(61-29-9-3-10-30-61)67-40-38-57-49-54-22-15-16-23-55(54)50-58(57)52-67)73-69-33-17-19-35-71(69)74(72-36-20-18-34-70(72)73)78(62-31-11-4-12-32-62)68-39-37-53-21-13-14-24-56(53)51-68/h1-52H. The van der Waals surface area contributed by atoms with E-state index in [4.69, 9.17) is 0 Å². The van der Waals surface area contributed by atoms with Gasteiger partial charge in [-0.05, 0) is 166 Å². The second-order valence-corrected chi connectivity index (χ2v) is 19.8. The van der Waals surface area contributed by atoms with Crippen molar-refractivity contribution in [1.82, 2.24) is 0 Å². The van der Waals surface area contributed by atoms with E-state index in [2.05, 4.69) is 335 Å². The Balaban J connectivity index is 0.975. The fraction of sp³-hybridized carbons (Fsp3) is 0. The monoisotopic (exact) mass is 996 g/mol. The van der Waals surface area contributed by atoms with Gasteiger partial charge in [0.2, 0.25) is 0 Å². The van der Waals surface area contributed by atoms with Crippen LogP contribution in [-0.4, -0.2) is 0 Å². The van der Waals surface area contributed by atoms with Crippen molar-refractivity contribution in [3.05, 3.63) is 315 Å². The van der Waals surface area contributed by atoms with E-state index in [0.29, 0.717) is 0 Å². The molecule has 0 fully saturated rings. The Morgan fingerprint density at radius 2 is 0.372 bits per heavy atom. The topological polar surface area (TPSA) is 13.0 Å². The van der Waals surface area contributed by atoms with E-state index in [9.17, 15) is 0 Å². The van der Waals surface area contributed by atoms with E-state index in [1.54, 1.807) is 0 Å². The second kappa shape index (κ2) is 20.0. The van der Waals surface area contributed by atoms with Gasteiger partial charge in [-0.3, -0.25) is 0 Å². The van der Waals surface area contributed by atoms with Gasteiger partial charge in [0.1, 0.15) is 0 Å². The first-order valence-corrected chi connectivity index (χ1v) is 26.7. The lowest BCUT2D eigenvalue weighted by atomic mass is 9.95. The van der Waals surface area contributed by atoms with Crippen LogP contribution in [0.5, 0.6) is 0 Å². The third-order valence-corrected chi connectivity index (χ3v) is 15.0. The SMILES string of the molecule is c1ccc(N(c2ccccc2)c2ccc(N(c3ccc(N(c4ccccc4)c4ccc5cc6ccccc6cc5c4)cc3)c3c4ccccc4c(N(c4ccccc4)c4ccc5ccccc5c4)c4ccccc34)cc2)cc1. The van der Waals surface area contributed by atoms with Crippen LogP contribution in [0.3, 0.4) is 0 Å². The van der Waals surface area contributed by atoms with E-state index in [1.165, 1.54) is 32.3 Å². The average Bonchev–Trinajstić information content (AvgIpc) is 3.55. The third-order valence-electron chi connectivity index (χ3n) is 15.0. The number of para-hydroxylation sites is 4. The molecule has 14 aromatic carbocycles. The molecular weight excluding hydrogens is 945 g/mol. The maximum absolute atomic E-state index is 2.47. The maximum Gasteiger partial charge on any atom is 0.0619 e. The Kier molecular flexibility index (Phi) is 11.8. The van der Waals surface area contributed by atoms with E-state index in [0.717, 1.165) is 89.8 Å². The van der Waals surface area contributed by atoms with Crippen LogP contribution in [0.4, 0.5) is 68.2 Å². The minimum absolute atomic E-state index is 1.03. The molecule has 0 heterocycles. The predicted octanol–water partition coefficient (Wildman–Crippen LogP) is 21.3. The molecule has 0 saturated carbocycles. The molecule has 0 aliphatic heterocycles. The Bertz CT molecular complexity index is 4340. The summed E-state index contributed by atoms with van der Waals surface area (Å²) in [5, 5.41) is 11.8. The highest BCUT2D eigenvalue weighted by molar-refractivity contribution is 6.23. The summed E-state index contributed by atoms with van der Waals surface area (Å²) in [5.74, 6) is 0. The highest BCUT2D eigenvalue weighted by Gasteiger charge is 2.26. The molecule has 14 aromatic rings. The van der Waals surface area contributed by atoms with Crippen LogP contribution in [0, 0.1) is 0 Å². The van der Waals surface area contributed by atoms with Crippen molar-refractivity contribution in [2.45, 2.75) is 0 Å². The average molecular weight is 997 g/mol. The molecule has 0 atom stereocenters. The smallest absolute Gasteiger partial charge is 0.0619 e. The van der Waals surface area contributed by atoms with E-state index in [1.807, 2.05) is 0 Å². The van der Waals surface area contributed by atoms with Gasteiger partial charge >= 0.3 is 0 Å². The van der Waals surface area contributed by atoms with Gasteiger partial charge in [0.25, 0.3) is 0 Å². The summed E-state index contributed by atoms with van der Waals surface area (Å²) in [6.45, 7) is 0. The van der Waals surface area contributed by atoms with Crippen molar-refractivity contribution in [3.63, 3.8) is 0 Å². The Morgan fingerprint density at radius 1 is 0.141 bits per heavy atom. The summed E-state index contributed by atoms with van der Waals surface area (Å²) in [5.41, 5.74) is 12.9. The van der Waals surface area contributed by atoms with Crippen LogP contribution >= 0.6 is 0 Å². The number of rotatable bonds is 12. The molecule has 0 aliphatic carbocycles. The van der Waals surface area contributed by atoms with Crippen LogP contribution in [0.2, 0.25) is 0 Å². The van der Waals surface area contributed by atoms with Gasteiger partial charge in [0, 0.05) is 78.4 Å². The van der Waals surface area contributed by atoms with E-state index >= 15 is 0 Å². The fourth-order valence-electron chi connectivity index (χ4n) is 11.5. The number of anilines is 12. The zero-order chi connectivity index (χ0) is 51.8. The van der Waals surface area contributed by atoms with E-state index < -0.39 is 0 Å². The number of hydrogen-bond donors (Lipinski definition) is 0.